The van der Waals surface area contributed by atoms with Crippen LogP contribution in [0.2, 0.25) is 5.02 Å². The fraction of sp³-hybridized carbons (Fsp3) is 0.133. The standard InChI is InChI=1S/C15H14BrClN2O2/c16-12-4-3-11(14(17)8-12)9-21-13-5-1-10(2-6-13)7-15(18)19-20/h1-6,8,20H,7,9H2,(H2,18,19). The van der Waals surface area contributed by atoms with Crippen molar-refractivity contribution >= 4 is 33.4 Å². The molecule has 0 atom stereocenters. The molecule has 0 spiro atoms. The molecule has 0 amide bonds. The summed E-state index contributed by atoms with van der Waals surface area (Å²) in [5, 5.41) is 12.1. The summed E-state index contributed by atoms with van der Waals surface area (Å²) in [7, 11) is 0. The maximum absolute atomic E-state index is 8.53. The van der Waals surface area contributed by atoms with Gasteiger partial charge in [0.15, 0.2) is 0 Å². The number of amidine groups is 1. The van der Waals surface area contributed by atoms with Crippen LogP contribution in [-0.2, 0) is 13.0 Å². The number of nitrogens with two attached hydrogens (primary N) is 1. The highest BCUT2D eigenvalue weighted by Gasteiger charge is 2.03. The van der Waals surface area contributed by atoms with Crippen LogP contribution in [0.3, 0.4) is 0 Å². The molecular weight excluding hydrogens is 356 g/mol. The molecule has 2 rings (SSSR count). The van der Waals surface area contributed by atoms with Crippen molar-refractivity contribution in [2.24, 2.45) is 10.9 Å². The van der Waals surface area contributed by atoms with Gasteiger partial charge >= 0.3 is 0 Å². The van der Waals surface area contributed by atoms with E-state index in [0.29, 0.717) is 18.1 Å². The third-order valence-corrected chi connectivity index (χ3v) is 3.69. The lowest BCUT2D eigenvalue weighted by molar-refractivity contribution is 0.306. The van der Waals surface area contributed by atoms with Gasteiger partial charge in [0.2, 0.25) is 0 Å². The Morgan fingerprint density at radius 2 is 1.95 bits per heavy atom. The fourth-order valence-corrected chi connectivity index (χ4v) is 2.48. The number of halogens is 2. The van der Waals surface area contributed by atoms with E-state index in [0.717, 1.165) is 21.3 Å². The quantitative estimate of drug-likeness (QED) is 0.363. The Balaban J connectivity index is 1.97. The second-order valence-corrected chi connectivity index (χ2v) is 5.76. The van der Waals surface area contributed by atoms with Gasteiger partial charge in [-0.25, -0.2) is 0 Å². The van der Waals surface area contributed by atoms with Crippen molar-refractivity contribution in [1.29, 1.82) is 0 Å². The number of benzene rings is 2. The van der Waals surface area contributed by atoms with Gasteiger partial charge in [0.1, 0.15) is 18.2 Å². The van der Waals surface area contributed by atoms with E-state index in [1.807, 2.05) is 42.5 Å². The maximum atomic E-state index is 8.53. The molecule has 0 bridgehead atoms. The van der Waals surface area contributed by atoms with Gasteiger partial charge in [-0.1, -0.05) is 50.9 Å². The molecule has 110 valence electrons. The van der Waals surface area contributed by atoms with Gasteiger partial charge in [0, 0.05) is 21.5 Å². The van der Waals surface area contributed by atoms with E-state index in [4.69, 9.17) is 27.3 Å². The first-order valence-corrected chi connectivity index (χ1v) is 7.37. The average molecular weight is 370 g/mol. The van der Waals surface area contributed by atoms with Crippen LogP contribution in [0.1, 0.15) is 11.1 Å². The summed E-state index contributed by atoms with van der Waals surface area (Å²) < 4.78 is 6.62. The minimum Gasteiger partial charge on any atom is -0.489 e. The Morgan fingerprint density at radius 1 is 1.24 bits per heavy atom. The van der Waals surface area contributed by atoms with Crippen molar-refractivity contribution < 1.29 is 9.94 Å². The Bertz CT molecular complexity index is 645. The van der Waals surface area contributed by atoms with Crippen molar-refractivity contribution in [3.63, 3.8) is 0 Å². The van der Waals surface area contributed by atoms with E-state index >= 15 is 0 Å². The Kier molecular flexibility index (Phi) is 5.47. The summed E-state index contributed by atoms with van der Waals surface area (Å²) in [6.07, 6.45) is 0.398. The van der Waals surface area contributed by atoms with Crippen LogP contribution >= 0.6 is 27.5 Å². The van der Waals surface area contributed by atoms with E-state index in [1.165, 1.54) is 0 Å². The molecule has 0 aliphatic rings. The first kappa shape index (κ1) is 15.7. The average Bonchev–Trinajstić information content (AvgIpc) is 2.48. The number of nitrogens with zero attached hydrogens (tertiary/aromatic N) is 1. The van der Waals surface area contributed by atoms with Crippen LogP contribution in [0.4, 0.5) is 0 Å². The number of ether oxygens (including phenoxy) is 1. The second-order valence-electron chi connectivity index (χ2n) is 4.44. The molecule has 6 heteroatoms. The third-order valence-electron chi connectivity index (χ3n) is 2.85. The molecule has 0 saturated carbocycles. The highest BCUT2D eigenvalue weighted by molar-refractivity contribution is 9.10. The molecule has 0 radical (unpaired) electrons. The molecule has 0 saturated heterocycles. The molecular formula is C15H14BrClN2O2. The number of hydrogen-bond acceptors (Lipinski definition) is 3. The molecule has 2 aromatic carbocycles. The van der Waals surface area contributed by atoms with Gasteiger partial charge in [-0.15, -0.1) is 0 Å². The summed E-state index contributed by atoms with van der Waals surface area (Å²) in [5.41, 5.74) is 7.32. The predicted molar refractivity (Wildman–Crippen MR) is 87.0 cm³/mol. The van der Waals surface area contributed by atoms with Crippen LogP contribution in [0.15, 0.2) is 52.1 Å². The molecule has 3 N–H and O–H groups in total. The van der Waals surface area contributed by atoms with E-state index in [9.17, 15) is 0 Å². The van der Waals surface area contributed by atoms with Gasteiger partial charge in [0.25, 0.3) is 0 Å². The number of oxime groups is 1. The van der Waals surface area contributed by atoms with Crippen molar-refractivity contribution in [3.05, 3.63) is 63.1 Å². The number of rotatable bonds is 5. The van der Waals surface area contributed by atoms with E-state index in [-0.39, 0.29) is 5.84 Å². The lowest BCUT2D eigenvalue weighted by Gasteiger charge is -2.09. The highest BCUT2D eigenvalue weighted by atomic mass is 79.9. The van der Waals surface area contributed by atoms with Crippen LogP contribution in [0.5, 0.6) is 5.75 Å². The predicted octanol–water partition coefficient (Wildman–Crippen LogP) is 3.97. The van der Waals surface area contributed by atoms with Crippen molar-refractivity contribution in [1.82, 2.24) is 0 Å². The number of hydrogen-bond donors (Lipinski definition) is 2. The first-order chi connectivity index (χ1) is 10.1. The zero-order chi connectivity index (χ0) is 15.2. The van der Waals surface area contributed by atoms with Crippen molar-refractivity contribution in [2.75, 3.05) is 0 Å². The topological polar surface area (TPSA) is 67.8 Å². The van der Waals surface area contributed by atoms with Gasteiger partial charge in [0.05, 0.1) is 0 Å². The normalized spacial score (nSPS) is 11.4. The van der Waals surface area contributed by atoms with Gasteiger partial charge in [-0.2, -0.15) is 0 Å². The van der Waals surface area contributed by atoms with Gasteiger partial charge in [-0.05, 0) is 29.8 Å². The van der Waals surface area contributed by atoms with Crippen LogP contribution in [0.25, 0.3) is 0 Å². The smallest absolute Gasteiger partial charge is 0.143 e. The molecule has 0 fully saturated rings. The zero-order valence-corrected chi connectivity index (χ0v) is 13.4. The summed E-state index contributed by atoms with van der Waals surface area (Å²) >= 11 is 9.50. The van der Waals surface area contributed by atoms with Crippen molar-refractivity contribution in [3.8, 4) is 5.75 Å². The van der Waals surface area contributed by atoms with E-state index < -0.39 is 0 Å². The minimum absolute atomic E-state index is 0.172. The third kappa shape index (κ3) is 4.65. The fourth-order valence-electron chi connectivity index (χ4n) is 1.75. The lowest BCUT2D eigenvalue weighted by Crippen LogP contribution is -2.14. The summed E-state index contributed by atoms with van der Waals surface area (Å²) in [5.74, 6) is 0.905. The summed E-state index contributed by atoms with van der Waals surface area (Å²) in [6, 6.07) is 13.1. The first-order valence-electron chi connectivity index (χ1n) is 6.20. The molecule has 4 nitrogen and oxygen atoms in total. The molecule has 2 aromatic rings. The monoisotopic (exact) mass is 368 g/mol. The Hall–Kier alpha value is -1.72. The van der Waals surface area contributed by atoms with Crippen molar-refractivity contribution in [2.45, 2.75) is 13.0 Å². The largest absolute Gasteiger partial charge is 0.489 e. The Morgan fingerprint density at radius 3 is 2.57 bits per heavy atom. The van der Waals surface area contributed by atoms with E-state index in [2.05, 4.69) is 21.1 Å². The lowest BCUT2D eigenvalue weighted by atomic mass is 10.1. The van der Waals surface area contributed by atoms with Gasteiger partial charge in [-0.3, -0.25) is 0 Å². The molecule has 0 unspecified atom stereocenters. The minimum atomic E-state index is 0.172. The molecule has 0 aromatic heterocycles. The SMILES string of the molecule is N/C(Cc1ccc(OCc2ccc(Br)cc2Cl)cc1)=N/O. The highest BCUT2D eigenvalue weighted by Crippen LogP contribution is 2.23. The van der Waals surface area contributed by atoms with E-state index in [1.54, 1.807) is 0 Å². The molecule has 21 heavy (non-hydrogen) atoms. The Labute approximate surface area is 136 Å². The summed E-state index contributed by atoms with van der Waals surface area (Å²) in [4.78, 5) is 0. The summed E-state index contributed by atoms with van der Waals surface area (Å²) in [6.45, 7) is 0.395. The molecule has 0 aliphatic heterocycles. The zero-order valence-electron chi connectivity index (χ0n) is 11.1. The van der Waals surface area contributed by atoms with Crippen LogP contribution in [0, 0.1) is 0 Å². The molecule has 0 heterocycles. The second kappa shape index (κ2) is 7.33. The van der Waals surface area contributed by atoms with Crippen LogP contribution < -0.4 is 10.5 Å². The van der Waals surface area contributed by atoms with Crippen LogP contribution in [-0.4, -0.2) is 11.0 Å². The van der Waals surface area contributed by atoms with Gasteiger partial charge < -0.3 is 15.7 Å². The molecule has 0 aliphatic carbocycles. The maximum Gasteiger partial charge on any atom is 0.143 e.